The van der Waals surface area contributed by atoms with Crippen molar-refractivity contribution in [3.8, 4) is 11.3 Å². The van der Waals surface area contributed by atoms with Crippen LogP contribution in [0.25, 0.3) is 11.3 Å². The molecule has 2 fully saturated rings. The summed E-state index contributed by atoms with van der Waals surface area (Å²) in [6.07, 6.45) is 3.98. The molecule has 20 nitrogen and oxygen atoms in total. The Morgan fingerprint density at radius 2 is 1.47 bits per heavy atom. The number of piperazine rings is 1. The van der Waals surface area contributed by atoms with E-state index in [1.165, 1.54) is 11.3 Å². The van der Waals surface area contributed by atoms with E-state index < -0.39 is 29.7 Å². The summed E-state index contributed by atoms with van der Waals surface area (Å²) in [5.41, 5.74) is 6.88. The molecule has 0 aliphatic carbocycles. The minimum Gasteiger partial charge on any atom is -0.382 e. The second kappa shape index (κ2) is 26.8. The molecule has 3 aromatic carbocycles. The fraction of sp³-hybridized carbons (Fsp3) is 0.396. The second-order valence-electron chi connectivity index (χ2n) is 17.7. The molecule has 6 amide bonds. The highest BCUT2D eigenvalue weighted by molar-refractivity contribution is 7.14. The highest BCUT2D eigenvalue weighted by atomic mass is 32.1. The van der Waals surface area contributed by atoms with Gasteiger partial charge in [-0.05, 0) is 73.0 Å². The smallest absolute Gasteiger partial charge is 0.264 e. The normalized spacial score (nSPS) is 15.8. The van der Waals surface area contributed by atoms with Crippen LogP contribution in [0.1, 0.15) is 61.5 Å². The predicted octanol–water partition coefficient (Wildman–Crippen LogP) is 5.14. The molecule has 1 unspecified atom stereocenters. The third kappa shape index (κ3) is 14.6. The van der Waals surface area contributed by atoms with E-state index in [-0.39, 0.29) is 35.8 Å². The summed E-state index contributed by atoms with van der Waals surface area (Å²) in [4.78, 5) is 90.3. The molecule has 390 valence electrons. The van der Waals surface area contributed by atoms with E-state index in [0.717, 1.165) is 57.7 Å². The molecule has 2 aromatic heterocycles. The van der Waals surface area contributed by atoms with E-state index in [1.54, 1.807) is 30.6 Å². The van der Waals surface area contributed by atoms with Crippen molar-refractivity contribution < 1.29 is 52.5 Å². The van der Waals surface area contributed by atoms with Crippen LogP contribution in [-0.4, -0.2) is 165 Å². The predicted molar refractivity (Wildman–Crippen MR) is 276 cm³/mol. The van der Waals surface area contributed by atoms with Gasteiger partial charge in [-0.25, -0.2) is 4.98 Å². The van der Waals surface area contributed by atoms with E-state index in [2.05, 4.69) is 31.2 Å². The number of carbonyl (C=O) groups is 6. The van der Waals surface area contributed by atoms with Gasteiger partial charge in [0.2, 0.25) is 17.7 Å². The lowest BCUT2D eigenvalue weighted by atomic mass is 10.0. The molecule has 3 aliphatic heterocycles. The maximum Gasteiger partial charge on any atom is 0.264 e. The Morgan fingerprint density at radius 3 is 2.16 bits per heavy atom. The molecule has 0 saturated carbocycles. The first-order valence-electron chi connectivity index (χ1n) is 24.7. The highest BCUT2D eigenvalue weighted by Gasteiger charge is 2.45. The van der Waals surface area contributed by atoms with E-state index in [9.17, 15) is 28.8 Å². The van der Waals surface area contributed by atoms with Crippen LogP contribution in [0.4, 0.5) is 22.2 Å². The summed E-state index contributed by atoms with van der Waals surface area (Å²) >= 11 is 1.50. The van der Waals surface area contributed by atoms with Crippen molar-refractivity contribution >= 4 is 69.0 Å². The third-order valence-corrected chi connectivity index (χ3v) is 13.3. The Morgan fingerprint density at radius 1 is 0.770 bits per heavy atom. The maximum absolute atomic E-state index is 13.2. The minimum absolute atomic E-state index is 0.0563. The number of benzene rings is 3. The Balaban J connectivity index is 0.602. The van der Waals surface area contributed by atoms with Crippen LogP contribution in [0.15, 0.2) is 90.6 Å². The number of anilines is 4. The molecule has 8 rings (SSSR count). The summed E-state index contributed by atoms with van der Waals surface area (Å²) < 4.78 is 28.0. The van der Waals surface area contributed by atoms with Gasteiger partial charge >= 0.3 is 0 Å². The van der Waals surface area contributed by atoms with Crippen molar-refractivity contribution in [1.82, 2.24) is 30.0 Å². The highest BCUT2D eigenvalue weighted by Crippen LogP contribution is 2.33. The van der Waals surface area contributed by atoms with E-state index in [4.69, 9.17) is 28.7 Å². The molecule has 5 aromatic rings. The van der Waals surface area contributed by atoms with E-state index in [1.807, 2.05) is 71.8 Å². The molecular formula is C53H61N9O11S. The number of amides is 6. The Kier molecular flexibility index (Phi) is 19.3. The quantitative estimate of drug-likeness (QED) is 0.0394. The zero-order valence-electron chi connectivity index (χ0n) is 41.3. The van der Waals surface area contributed by atoms with E-state index >= 15 is 0 Å². The van der Waals surface area contributed by atoms with Gasteiger partial charge in [-0.15, -0.1) is 11.3 Å². The lowest BCUT2D eigenvalue weighted by Crippen LogP contribution is -2.54. The Labute approximate surface area is 433 Å². The van der Waals surface area contributed by atoms with Gasteiger partial charge in [-0.1, -0.05) is 24.3 Å². The molecule has 5 heterocycles. The molecule has 0 bridgehead atoms. The number of nitrogens with zero attached hydrogens (tertiary/aromatic N) is 5. The van der Waals surface area contributed by atoms with Gasteiger partial charge in [-0.2, -0.15) is 0 Å². The zero-order chi connectivity index (χ0) is 51.7. The Hall–Kier alpha value is -6.98. The number of piperidine rings is 1. The van der Waals surface area contributed by atoms with Crippen molar-refractivity contribution in [2.45, 2.75) is 38.8 Å². The minimum atomic E-state index is -1.02. The number of carbonyl (C=O) groups excluding carboxylic acids is 6. The molecule has 3 aliphatic rings. The van der Waals surface area contributed by atoms with Gasteiger partial charge in [-0.3, -0.25) is 48.9 Å². The summed E-state index contributed by atoms with van der Waals surface area (Å²) in [6.45, 7) is 9.63. The topological polar surface area (TPSA) is 232 Å². The monoisotopic (exact) mass is 1030 g/mol. The molecule has 0 radical (unpaired) electrons. The number of imide groups is 2. The standard InChI is InChI=1S/C53H61N9O11S/c1-36-7-12-40(32-43(36)57-53-58-44(35-74-53)39-4-3-16-54-33-39)56-49(65)38-10-8-37(9-11-38)34-60-18-20-61(21-19-60)47(64)15-22-69-24-26-71-28-30-73-31-29-72-27-25-70-23-17-55-42-6-2-5-41-48(42)52(68)62(51(41)67)45-13-14-46(63)59-50(45)66/h2-12,16,32-33,35,45,55H,13-15,17-31,34H2,1H3,(H,56,65)(H,57,58)(H,59,63,66). The molecule has 0 spiro atoms. The van der Waals surface area contributed by atoms with Gasteiger partial charge in [0.05, 0.1) is 89.3 Å². The molecule has 4 N–H and O–H groups in total. The molecule has 2 saturated heterocycles. The fourth-order valence-electron chi connectivity index (χ4n) is 8.53. The second-order valence-corrected chi connectivity index (χ2v) is 18.5. The van der Waals surface area contributed by atoms with Crippen LogP contribution in [0.3, 0.4) is 0 Å². The maximum atomic E-state index is 13.2. The molecule has 74 heavy (non-hydrogen) atoms. The summed E-state index contributed by atoms with van der Waals surface area (Å²) in [5.74, 6) is -2.32. The third-order valence-electron chi connectivity index (χ3n) is 12.5. The van der Waals surface area contributed by atoms with Gasteiger partial charge in [0, 0.05) is 91.7 Å². The number of nitrogens with one attached hydrogen (secondary N) is 4. The van der Waals surface area contributed by atoms with Crippen LogP contribution < -0.4 is 21.3 Å². The summed E-state index contributed by atoms with van der Waals surface area (Å²) in [7, 11) is 0. The number of aryl methyl sites for hydroxylation is 1. The largest absolute Gasteiger partial charge is 0.382 e. The lowest BCUT2D eigenvalue weighted by molar-refractivity contribution is -0.136. The van der Waals surface area contributed by atoms with Crippen LogP contribution in [-0.2, 0) is 44.6 Å². The average Bonchev–Trinajstić information content (AvgIpc) is 3.98. The molecular weight excluding hydrogens is 971 g/mol. The van der Waals surface area contributed by atoms with Gasteiger partial charge in [0.25, 0.3) is 17.7 Å². The number of pyridine rings is 1. The summed E-state index contributed by atoms with van der Waals surface area (Å²) in [6, 6.07) is 21.1. The number of ether oxygens (including phenoxy) is 5. The number of fused-ring (bicyclic) bond motifs is 1. The number of hydrogen-bond donors (Lipinski definition) is 4. The van der Waals surface area contributed by atoms with Crippen molar-refractivity contribution in [1.29, 1.82) is 0 Å². The van der Waals surface area contributed by atoms with Crippen molar-refractivity contribution in [3.63, 3.8) is 0 Å². The van der Waals surface area contributed by atoms with Gasteiger partial charge in [0.15, 0.2) is 5.13 Å². The molecule has 21 heteroatoms. The van der Waals surface area contributed by atoms with Crippen LogP contribution >= 0.6 is 11.3 Å². The summed E-state index contributed by atoms with van der Waals surface area (Å²) in [5, 5.41) is 14.5. The number of rotatable bonds is 27. The number of aromatic nitrogens is 2. The first-order chi connectivity index (χ1) is 36.1. The number of thiazole rings is 1. The van der Waals surface area contributed by atoms with Crippen molar-refractivity contribution in [2.24, 2.45) is 0 Å². The van der Waals surface area contributed by atoms with Gasteiger partial charge < -0.3 is 44.5 Å². The van der Waals surface area contributed by atoms with Crippen molar-refractivity contribution in [2.75, 3.05) is 115 Å². The SMILES string of the molecule is Cc1ccc(NC(=O)c2ccc(CN3CCN(C(=O)CCOCCOCCOCCOCCOCCNc4cccc5c4C(=O)N(C4CCC(=O)NC4=O)C5=O)CC3)cc2)cc1Nc1nc(-c2cccnc2)cs1. The van der Waals surface area contributed by atoms with Crippen LogP contribution in [0, 0.1) is 6.92 Å². The van der Waals surface area contributed by atoms with Crippen LogP contribution in [0.2, 0.25) is 0 Å². The van der Waals surface area contributed by atoms with E-state index in [0.29, 0.717) is 109 Å². The van der Waals surface area contributed by atoms with Crippen molar-refractivity contribution in [3.05, 3.63) is 118 Å². The number of hydrogen-bond acceptors (Lipinski definition) is 17. The zero-order valence-corrected chi connectivity index (χ0v) is 42.1. The first-order valence-corrected chi connectivity index (χ1v) is 25.6. The molecule has 1 atom stereocenters. The van der Waals surface area contributed by atoms with Gasteiger partial charge in [0.1, 0.15) is 6.04 Å². The Bertz CT molecular complexity index is 2730. The lowest BCUT2D eigenvalue weighted by Gasteiger charge is -2.34. The van der Waals surface area contributed by atoms with Crippen LogP contribution in [0.5, 0.6) is 0 Å². The first kappa shape index (κ1) is 53.3. The fourth-order valence-corrected chi connectivity index (χ4v) is 9.26. The average molecular weight is 1030 g/mol.